The lowest BCUT2D eigenvalue weighted by Gasteiger charge is -2.27. The molecule has 0 spiro atoms. The number of hydrogen-bond acceptors (Lipinski definition) is 6. The standard InChI is InChI=1S/C23H27N7O2/c1-6-7-11-29-18-19(26-21(29)27(4)15-23(2,3)25)28(5)22(32)30(20(18)31)14-17-10-8-9-16(12-17)13-24/h8-10,12H,11,14-15,25H2,1-5H3. The van der Waals surface area contributed by atoms with Gasteiger partial charge < -0.3 is 10.6 Å². The summed E-state index contributed by atoms with van der Waals surface area (Å²) in [4.78, 5) is 33.0. The van der Waals surface area contributed by atoms with Gasteiger partial charge in [-0.2, -0.15) is 10.2 Å². The Bertz CT molecular complexity index is 1380. The zero-order chi connectivity index (χ0) is 23.6. The molecule has 0 aliphatic heterocycles. The lowest BCUT2D eigenvalue weighted by Crippen LogP contribution is -2.44. The second kappa shape index (κ2) is 8.74. The summed E-state index contributed by atoms with van der Waals surface area (Å²) in [5.41, 5.74) is 6.48. The second-order valence-electron chi connectivity index (χ2n) is 8.49. The van der Waals surface area contributed by atoms with Gasteiger partial charge >= 0.3 is 5.69 Å². The van der Waals surface area contributed by atoms with E-state index in [1.165, 1.54) is 4.57 Å². The van der Waals surface area contributed by atoms with Gasteiger partial charge in [0, 0.05) is 26.2 Å². The molecule has 1 aromatic carbocycles. The fraction of sp³-hybridized carbons (Fsp3) is 0.391. The van der Waals surface area contributed by atoms with Crippen molar-refractivity contribution in [3.63, 3.8) is 0 Å². The smallest absolute Gasteiger partial charge is 0.332 e. The zero-order valence-corrected chi connectivity index (χ0v) is 19.0. The van der Waals surface area contributed by atoms with Crippen LogP contribution in [0.4, 0.5) is 5.95 Å². The van der Waals surface area contributed by atoms with Crippen LogP contribution in [0.2, 0.25) is 0 Å². The van der Waals surface area contributed by atoms with Gasteiger partial charge in [-0.15, -0.1) is 5.92 Å². The summed E-state index contributed by atoms with van der Waals surface area (Å²) >= 11 is 0. The van der Waals surface area contributed by atoms with Crippen molar-refractivity contribution in [2.24, 2.45) is 12.8 Å². The molecule has 0 radical (unpaired) electrons. The van der Waals surface area contributed by atoms with Crippen LogP contribution in [0.25, 0.3) is 11.2 Å². The molecule has 0 atom stereocenters. The minimum atomic E-state index is -0.494. The number of nitrogens with zero attached hydrogens (tertiary/aromatic N) is 6. The highest BCUT2D eigenvalue weighted by atomic mass is 16.2. The molecule has 0 saturated heterocycles. The molecule has 32 heavy (non-hydrogen) atoms. The summed E-state index contributed by atoms with van der Waals surface area (Å²) < 4.78 is 4.25. The largest absolute Gasteiger partial charge is 0.343 e. The van der Waals surface area contributed by atoms with E-state index in [0.29, 0.717) is 29.1 Å². The highest BCUT2D eigenvalue weighted by Gasteiger charge is 2.24. The van der Waals surface area contributed by atoms with Gasteiger partial charge in [0.25, 0.3) is 5.56 Å². The van der Waals surface area contributed by atoms with Crippen LogP contribution in [-0.4, -0.2) is 37.8 Å². The van der Waals surface area contributed by atoms with E-state index < -0.39 is 16.8 Å². The molecule has 0 fully saturated rings. The number of hydrogen-bond donors (Lipinski definition) is 1. The molecule has 3 rings (SSSR count). The SMILES string of the molecule is CC#CCn1c(N(C)CC(C)(C)N)nc2c1c(=O)n(Cc1cccc(C#N)c1)c(=O)n2C. The maximum atomic E-state index is 13.5. The van der Waals surface area contributed by atoms with E-state index in [0.717, 1.165) is 4.57 Å². The number of fused-ring (bicyclic) bond motifs is 1. The number of likely N-dealkylation sites (N-methyl/N-ethyl adjacent to an activating group) is 1. The maximum Gasteiger partial charge on any atom is 0.332 e. The third kappa shape index (κ3) is 4.43. The van der Waals surface area contributed by atoms with Crippen molar-refractivity contribution in [2.45, 2.75) is 39.4 Å². The predicted octanol–water partition coefficient (Wildman–Crippen LogP) is 1.01. The number of anilines is 1. The van der Waals surface area contributed by atoms with Crippen molar-refractivity contribution in [1.82, 2.24) is 18.7 Å². The first-order chi connectivity index (χ1) is 15.1. The monoisotopic (exact) mass is 433 g/mol. The predicted molar refractivity (Wildman–Crippen MR) is 124 cm³/mol. The summed E-state index contributed by atoms with van der Waals surface area (Å²) in [5, 5.41) is 9.15. The third-order valence-corrected chi connectivity index (χ3v) is 5.01. The number of nitriles is 1. The van der Waals surface area contributed by atoms with E-state index in [4.69, 9.17) is 11.0 Å². The molecule has 9 heteroatoms. The van der Waals surface area contributed by atoms with Gasteiger partial charge in [-0.1, -0.05) is 18.1 Å². The Labute approximate surface area is 186 Å². The number of nitrogens with two attached hydrogens (primary N) is 1. The van der Waals surface area contributed by atoms with Crippen molar-refractivity contribution in [3.05, 3.63) is 56.2 Å². The van der Waals surface area contributed by atoms with E-state index >= 15 is 0 Å². The first-order valence-corrected chi connectivity index (χ1v) is 10.2. The summed E-state index contributed by atoms with van der Waals surface area (Å²) in [7, 11) is 3.43. The lowest BCUT2D eigenvalue weighted by molar-refractivity contribution is 0.512. The normalized spacial score (nSPS) is 11.2. The van der Waals surface area contributed by atoms with Crippen LogP contribution in [0.5, 0.6) is 0 Å². The Morgan fingerprint density at radius 1 is 1.25 bits per heavy atom. The summed E-state index contributed by atoms with van der Waals surface area (Å²) in [6, 6.07) is 8.92. The van der Waals surface area contributed by atoms with Crippen molar-refractivity contribution >= 4 is 17.1 Å². The van der Waals surface area contributed by atoms with Crippen LogP contribution in [0, 0.1) is 23.2 Å². The molecule has 166 valence electrons. The van der Waals surface area contributed by atoms with E-state index in [1.807, 2.05) is 25.8 Å². The van der Waals surface area contributed by atoms with E-state index in [9.17, 15) is 9.59 Å². The molecule has 0 saturated carbocycles. The molecule has 3 aromatic rings. The molecule has 2 N–H and O–H groups in total. The summed E-state index contributed by atoms with van der Waals surface area (Å²) in [6.07, 6.45) is 0. The van der Waals surface area contributed by atoms with Crippen LogP contribution in [0.3, 0.4) is 0 Å². The van der Waals surface area contributed by atoms with Gasteiger partial charge in [-0.25, -0.2) is 4.79 Å². The molecule has 0 aliphatic carbocycles. The Balaban J connectivity index is 2.26. The second-order valence-corrected chi connectivity index (χ2v) is 8.49. The molecule has 2 aromatic heterocycles. The van der Waals surface area contributed by atoms with Crippen LogP contribution in [0.15, 0.2) is 33.9 Å². The fourth-order valence-corrected chi connectivity index (χ4v) is 3.70. The first kappa shape index (κ1) is 22.9. The third-order valence-electron chi connectivity index (χ3n) is 5.01. The van der Waals surface area contributed by atoms with Crippen molar-refractivity contribution in [3.8, 4) is 17.9 Å². The molecular weight excluding hydrogens is 406 g/mol. The highest BCUT2D eigenvalue weighted by Crippen LogP contribution is 2.20. The summed E-state index contributed by atoms with van der Waals surface area (Å²) in [5.74, 6) is 6.35. The number of rotatable bonds is 6. The quantitative estimate of drug-likeness (QED) is 0.580. The van der Waals surface area contributed by atoms with Gasteiger partial charge in [0.1, 0.15) is 0 Å². The summed E-state index contributed by atoms with van der Waals surface area (Å²) in [6.45, 7) is 6.30. The average molecular weight is 434 g/mol. The number of benzene rings is 1. The van der Waals surface area contributed by atoms with Crippen LogP contribution in [-0.2, 0) is 20.1 Å². The Morgan fingerprint density at radius 3 is 2.59 bits per heavy atom. The Morgan fingerprint density at radius 2 is 1.97 bits per heavy atom. The molecule has 0 bridgehead atoms. The van der Waals surface area contributed by atoms with Gasteiger partial charge in [0.05, 0.1) is 24.7 Å². The van der Waals surface area contributed by atoms with Crippen molar-refractivity contribution in [1.29, 1.82) is 5.26 Å². The number of imidazole rings is 1. The van der Waals surface area contributed by atoms with Crippen LogP contribution < -0.4 is 21.9 Å². The average Bonchev–Trinajstić information content (AvgIpc) is 3.12. The van der Waals surface area contributed by atoms with E-state index in [-0.39, 0.29) is 18.7 Å². The van der Waals surface area contributed by atoms with Gasteiger partial charge in [0.15, 0.2) is 11.2 Å². The topological polar surface area (TPSA) is 115 Å². The number of aryl methyl sites for hydroxylation is 1. The molecule has 2 heterocycles. The van der Waals surface area contributed by atoms with Gasteiger partial charge in [-0.05, 0) is 38.5 Å². The minimum absolute atomic E-state index is 0.0443. The van der Waals surface area contributed by atoms with Crippen molar-refractivity contribution < 1.29 is 0 Å². The van der Waals surface area contributed by atoms with Gasteiger partial charge in [-0.3, -0.25) is 18.5 Å². The molecule has 0 unspecified atom stereocenters. The van der Waals surface area contributed by atoms with Crippen LogP contribution in [0.1, 0.15) is 31.9 Å². The minimum Gasteiger partial charge on any atom is -0.343 e. The first-order valence-electron chi connectivity index (χ1n) is 10.2. The highest BCUT2D eigenvalue weighted by molar-refractivity contribution is 5.74. The van der Waals surface area contributed by atoms with Crippen molar-refractivity contribution in [2.75, 3.05) is 18.5 Å². The Hall–Kier alpha value is -3.82. The molecule has 9 nitrogen and oxygen atoms in total. The van der Waals surface area contributed by atoms with E-state index in [1.54, 1.807) is 42.8 Å². The molecule has 0 aliphatic rings. The lowest BCUT2D eigenvalue weighted by atomic mass is 10.1. The molecular formula is C23H27N7O2. The van der Waals surface area contributed by atoms with Gasteiger partial charge in [0.2, 0.25) is 5.95 Å². The maximum absolute atomic E-state index is 13.5. The molecule has 0 amide bonds. The van der Waals surface area contributed by atoms with Crippen LogP contribution >= 0.6 is 0 Å². The fourth-order valence-electron chi connectivity index (χ4n) is 3.70. The zero-order valence-electron chi connectivity index (χ0n) is 19.0. The Kier molecular flexibility index (Phi) is 6.24. The number of aromatic nitrogens is 4. The van der Waals surface area contributed by atoms with E-state index in [2.05, 4.69) is 22.9 Å².